The molecule has 0 spiro atoms. The summed E-state index contributed by atoms with van der Waals surface area (Å²) in [5.74, 6) is -0.0763. The van der Waals surface area contributed by atoms with Crippen LogP contribution in [0, 0.1) is 10.1 Å². The maximum absolute atomic E-state index is 11.7. The molecule has 5 nitrogen and oxygen atoms in total. The molecule has 1 aromatic carbocycles. The molecule has 86 valence electrons. The Kier molecular flexibility index (Phi) is 3.00. The Balaban J connectivity index is 2.09. The number of nitro groups is 1. The number of benzene rings is 1. The second-order valence-electron chi connectivity index (χ2n) is 3.54. The first kappa shape index (κ1) is 11.1. The van der Waals surface area contributed by atoms with Gasteiger partial charge < -0.3 is 4.42 Å². The fourth-order valence-electron chi connectivity index (χ4n) is 1.45. The van der Waals surface area contributed by atoms with Crippen molar-refractivity contribution in [3.63, 3.8) is 0 Å². The van der Waals surface area contributed by atoms with Gasteiger partial charge in [-0.2, -0.15) is 0 Å². The van der Waals surface area contributed by atoms with Gasteiger partial charge in [-0.15, -0.1) is 0 Å². The Hall–Kier alpha value is -2.43. The van der Waals surface area contributed by atoms with E-state index in [1.165, 1.54) is 24.7 Å². The van der Waals surface area contributed by atoms with Gasteiger partial charge in [-0.25, -0.2) is 0 Å². The number of carbonyl (C=O) groups is 1. The lowest BCUT2D eigenvalue weighted by atomic mass is 10.1. The molecule has 0 aliphatic heterocycles. The number of nitro benzene ring substituents is 1. The molecule has 0 fully saturated rings. The molecule has 1 aromatic heterocycles. The molecule has 5 heteroatoms. The molecule has 0 radical (unpaired) electrons. The highest BCUT2D eigenvalue weighted by Gasteiger charge is 2.09. The topological polar surface area (TPSA) is 73.3 Å². The highest BCUT2D eigenvalue weighted by atomic mass is 16.6. The third kappa shape index (κ3) is 2.57. The first-order valence-electron chi connectivity index (χ1n) is 4.95. The minimum absolute atomic E-state index is 0.0181. The van der Waals surface area contributed by atoms with Crippen molar-refractivity contribution in [1.29, 1.82) is 0 Å². The molecule has 0 unspecified atom stereocenters. The molecule has 0 N–H and O–H groups in total. The number of furan rings is 1. The number of hydrogen-bond acceptors (Lipinski definition) is 4. The largest absolute Gasteiger partial charge is 0.472 e. The van der Waals surface area contributed by atoms with Crippen molar-refractivity contribution in [3.05, 3.63) is 64.1 Å². The second-order valence-corrected chi connectivity index (χ2v) is 3.54. The molecular formula is C12H9NO4. The standard InChI is InChI=1S/C12H9NO4/c14-12(10-5-6-17-8-10)7-9-1-3-11(4-2-9)13(15)16/h1-6,8H,7H2. The van der Waals surface area contributed by atoms with Gasteiger partial charge in [-0.3, -0.25) is 14.9 Å². The average molecular weight is 231 g/mol. The van der Waals surface area contributed by atoms with Crippen molar-refractivity contribution in [2.75, 3.05) is 0 Å². The zero-order valence-electron chi connectivity index (χ0n) is 8.83. The normalized spacial score (nSPS) is 10.1. The summed E-state index contributed by atoms with van der Waals surface area (Å²) in [5, 5.41) is 10.4. The quantitative estimate of drug-likeness (QED) is 0.460. The van der Waals surface area contributed by atoms with E-state index in [0.29, 0.717) is 5.56 Å². The molecule has 0 saturated carbocycles. The predicted octanol–water partition coefficient (Wildman–Crippen LogP) is 2.61. The fourth-order valence-corrected chi connectivity index (χ4v) is 1.45. The van der Waals surface area contributed by atoms with Gasteiger partial charge in [0.05, 0.1) is 16.7 Å². The molecule has 0 aliphatic rings. The van der Waals surface area contributed by atoms with Gasteiger partial charge in [0.25, 0.3) is 5.69 Å². The number of carbonyl (C=O) groups excluding carboxylic acids is 1. The van der Waals surface area contributed by atoms with Crippen LogP contribution in [0.25, 0.3) is 0 Å². The van der Waals surface area contributed by atoms with E-state index in [-0.39, 0.29) is 17.9 Å². The van der Waals surface area contributed by atoms with E-state index in [1.807, 2.05) is 0 Å². The molecule has 0 atom stereocenters. The van der Waals surface area contributed by atoms with Crippen LogP contribution in [0.3, 0.4) is 0 Å². The van der Waals surface area contributed by atoms with E-state index in [0.717, 1.165) is 5.56 Å². The van der Waals surface area contributed by atoms with Gasteiger partial charge in [-0.05, 0) is 11.6 Å². The highest BCUT2D eigenvalue weighted by Crippen LogP contribution is 2.14. The molecule has 0 aliphatic carbocycles. The average Bonchev–Trinajstić information content (AvgIpc) is 2.83. The Morgan fingerprint density at radius 3 is 2.47 bits per heavy atom. The Morgan fingerprint density at radius 2 is 1.94 bits per heavy atom. The zero-order chi connectivity index (χ0) is 12.3. The summed E-state index contributed by atoms with van der Waals surface area (Å²) in [7, 11) is 0. The van der Waals surface area contributed by atoms with Gasteiger partial charge in [0.2, 0.25) is 0 Å². The lowest BCUT2D eigenvalue weighted by Crippen LogP contribution is -2.01. The van der Waals surface area contributed by atoms with E-state index in [1.54, 1.807) is 18.2 Å². The summed E-state index contributed by atoms with van der Waals surface area (Å²) in [5.41, 5.74) is 1.26. The monoisotopic (exact) mass is 231 g/mol. The van der Waals surface area contributed by atoms with Crippen molar-refractivity contribution >= 4 is 11.5 Å². The van der Waals surface area contributed by atoms with Crippen molar-refractivity contribution in [2.24, 2.45) is 0 Å². The maximum Gasteiger partial charge on any atom is 0.269 e. The lowest BCUT2D eigenvalue weighted by molar-refractivity contribution is -0.384. The molecule has 17 heavy (non-hydrogen) atoms. The number of non-ortho nitro benzene ring substituents is 1. The molecule has 2 aromatic rings. The number of nitrogens with zero attached hydrogens (tertiary/aromatic N) is 1. The summed E-state index contributed by atoms with van der Waals surface area (Å²) >= 11 is 0. The summed E-state index contributed by atoms with van der Waals surface area (Å²) in [6.07, 6.45) is 3.02. The number of hydrogen-bond donors (Lipinski definition) is 0. The van der Waals surface area contributed by atoms with Crippen molar-refractivity contribution in [2.45, 2.75) is 6.42 Å². The summed E-state index contributed by atoms with van der Waals surface area (Å²) < 4.78 is 4.81. The van der Waals surface area contributed by atoms with Crippen LogP contribution >= 0.6 is 0 Å². The molecular weight excluding hydrogens is 222 g/mol. The van der Waals surface area contributed by atoms with Gasteiger partial charge >= 0.3 is 0 Å². The van der Waals surface area contributed by atoms with Crippen LogP contribution in [0.15, 0.2) is 47.3 Å². The summed E-state index contributed by atoms with van der Waals surface area (Å²) in [6, 6.07) is 7.52. The third-order valence-corrected chi connectivity index (χ3v) is 2.35. The lowest BCUT2D eigenvalue weighted by Gasteiger charge is -1.98. The molecule has 0 saturated heterocycles. The Morgan fingerprint density at radius 1 is 1.24 bits per heavy atom. The van der Waals surface area contributed by atoms with Gasteiger partial charge in [0, 0.05) is 18.6 Å². The number of ketones is 1. The molecule has 0 amide bonds. The molecule has 0 bridgehead atoms. The first-order valence-corrected chi connectivity index (χ1v) is 4.95. The summed E-state index contributed by atoms with van der Waals surface area (Å²) in [4.78, 5) is 21.7. The van der Waals surface area contributed by atoms with Gasteiger partial charge in [-0.1, -0.05) is 12.1 Å². The Labute approximate surface area is 96.8 Å². The van der Waals surface area contributed by atoms with Crippen LogP contribution in [0.4, 0.5) is 5.69 Å². The highest BCUT2D eigenvalue weighted by molar-refractivity contribution is 5.97. The van der Waals surface area contributed by atoms with Crippen LogP contribution in [-0.4, -0.2) is 10.7 Å². The van der Waals surface area contributed by atoms with Crippen LogP contribution < -0.4 is 0 Å². The second kappa shape index (κ2) is 4.61. The van der Waals surface area contributed by atoms with Crippen molar-refractivity contribution < 1.29 is 14.1 Å². The van der Waals surface area contributed by atoms with E-state index in [9.17, 15) is 14.9 Å². The fraction of sp³-hybridized carbons (Fsp3) is 0.0833. The van der Waals surface area contributed by atoms with Gasteiger partial charge in [0.1, 0.15) is 6.26 Å². The smallest absolute Gasteiger partial charge is 0.269 e. The van der Waals surface area contributed by atoms with Crippen LogP contribution in [0.1, 0.15) is 15.9 Å². The van der Waals surface area contributed by atoms with E-state index < -0.39 is 4.92 Å². The Bertz CT molecular complexity index is 528. The number of rotatable bonds is 4. The van der Waals surface area contributed by atoms with E-state index in [2.05, 4.69) is 0 Å². The van der Waals surface area contributed by atoms with Crippen molar-refractivity contribution in [1.82, 2.24) is 0 Å². The first-order chi connectivity index (χ1) is 8.16. The molecule has 2 rings (SSSR count). The zero-order valence-corrected chi connectivity index (χ0v) is 8.83. The minimum Gasteiger partial charge on any atom is -0.472 e. The maximum atomic E-state index is 11.7. The van der Waals surface area contributed by atoms with Gasteiger partial charge in [0.15, 0.2) is 5.78 Å². The predicted molar refractivity (Wildman–Crippen MR) is 59.8 cm³/mol. The van der Waals surface area contributed by atoms with Crippen LogP contribution in [0.2, 0.25) is 0 Å². The SMILES string of the molecule is O=C(Cc1ccc([N+](=O)[O-])cc1)c1ccoc1. The molecule has 1 heterocycles. The van der Waals surface area contributed by atoms with Crippen molar-refractivity contribution in [3.8, 4) is 0 Å². The third-order valence-electron chi connectivity index (χ3n) is 2.35. The minimum atomic E-state index is -0.471. The van der Waals surface area contributed by atoms with E-state index in [4.69, 9.17) is 4.42 Å². The summed E-state index contributed by atoms with van der Waals surface area (Å²) in [6.45, 7) is 0. The number of Topliss-reactive ketones (excluding diaryl/α,β-unsaturated/α-hetero) is 1. The van der Waals surface area contributed by atoms with E-state index >= 15 is 0 Å². The van der Waals surface area contributed by atoms with Crippen LogP contribution in [0.5, 0.6) is 0 Å². The van der Waals surface area contributed by atoms with Crippen LogP contribution in [-0.2, 0) is 6.42 Å².